The van der Waals surface area contributed by atoms with Gasteiger partial charge in [0.15, 0.2) is 6.29 Å². The number of nitrogens with one attached hydrogen (secondary N) is 1. The Hall–Kier alpha value is -1.42. The fraction of sp³-hybridized carbons (Fsp3) is 0.907. The van der Waals surface area contributed by atoms with Crippen LogP contribution in [0.3, 0.4) is 0 Å². The van der Waals surface area contributed by atoms with Gasteiger partial charge in [0.25, 0.3) is 0 Å². The first-order valence-corrected chi connectivity index (χ1v) is 29.1. The zero-order valence-electron chi connectivity index (χ0n) is 42.7. The summed E-state index contributed by atoms with van der Waals surface area (Å²) in [4.78, 5) is 13.1. The molecule has 1 fully saturated rings. The van der Waals surface area contributed by atoms with Crippen molar-refractivity contribution in [3.63, 3.8) is 0 Å². The predicted octanol–water partition coefficient (Wildman–Crippen LogP) is 12.5. The number of allylic oxidation sites excluding steroid dienone is 4. The van der Waals surface area contributed by atoms with Crippen LogP contribution in [-0.4, -0.2) is 95.4 Å². The lowest BCUT2D eigenvalue weighted by molar-refractivity contribution is -0.298. The molecule has 0 aromatic heterocycles. The number of hydrogen-bond acceptors (Lipinski definition) is 10. The summed E-state index contributed by atoms with van der Waals surface area (Å²) < 4.78 is 47.9. The van der Waals surface area contributed by atoms with E-state index in [1.807, 2.05) is 0 Å². The lowest BCUT2D eigenvalue weighted by atomic mass is 9.99. The van der Waals surface area contributed by atoms with E-state index in [2.05, 4.69) is 47.7 Å². The highest BCUT2D eigenvalue weighted by Gasteiger charge is 2.48. The van der Waals surface area contributed by atoms with Crippen LogP contribution in [0.2, 0.25) is 0 Å². The van der Waals surface area contributed by atoms with Gasteiger partial charge in [0.2, 0.25) is 5.91 Å². The summed E-state index contributed by atoms with van der Waals surface area (Å²) in [6.07, 6.45) is 44.6. The Morgan fingerprint density at radius 1 is 0.597 bits per heavy atom. The van der Waals surface area contributed by atoms with Gasteiger partial charge in [-0.3, -0.25) is 9.35 Å². The Balaban J connectivity index is 2.38. The zero-order valence-corrected chi connectivity index (χ0v) is 43.5. The number of aliphatic hydroxyl groups excluding tert-OH is 4. The van der Waals surface area contributed by atoms with Crippen LogP contribution in [0.4, 0.5) is 0 Å². The Morgan fingerprint density at radius 2 is 1.00 bits per heavy atom. The molecule has 0 aliphatic carbocycles. The van der Waals surface area contributed by atoms with E-state index in [0.717, 1.165) is 57.8 Å². The van der Waals surface area contributed by atoms with Crippen LogP contribution in [0.15, 0.2) is 24.3 Å². The first kappa shape index (κ1) is 63.6. The van der Waals surface area contributed by atoms with E-state index in [0.29, 0.717) is 12.8 Å². The SMILES string of the molecule is CCCCC/C=C\C/C=C\CCCCCCCCCC(=O)NC(COC1OC(CO)C(O)C(OS(=O)(=O)O)C1O)C(O)CCCCCCCCCCCCCCCCCCCCCCCCC. The van der Waals surface area contributed by atoms with E-state index in [1.165, 1.54) is 167 Å². The van der Waals surface area contributed by atoms with Crippen LogP contribution in [0, 0.1) is 0 Å². The predicted molar refractivity (Wildman–Crippen MR) is 273 cm³/mol. The lowest BCUT2D eigenvalue weighted by Crippen LogP contribution is -2.61. The van der Waals surface area contributed by atoms with Crippen LogP contribution in [0.5, 0.6) is 0 Å². The van der Waals surface area contributed by atoms with Crippen molar-refractivity contribution >= 4 is 16.3 Å². The molecule has 1 heterocycles. The number of carbonyl (C=O) groups is 1. The van der Waals surface area contributed by atoms with Gasteiger partial charge in [-0.1, -0.05) is 231 Å². The Morgan fingerprint density at radius 3 is 1.45 bits per heavy atom. The fourth-order valence-corrected chi connectivity index (χ4v) is 9.47. The van der Waals surface area contributed by atoms with Crippen molar-refractivity contribution in [1.29, 1.82) is 0 Å². The van der Waals surface area contributed by atoms with Crippen molar-refractivity contribution in [2.75, 3.05) is 13.2 Å². The minimum atomic E-state index is -5.08. The number of rotatable bonds is 48. The molecular formula is C54H103NO11S. The first-order chi connectivity index (χ1) is 32.5. The van der Waals surface area contributed by atoms with Crippen molar-refractivity contribution in [3.8, 4) is 0 Å². The zero-order chi connectivity index (χ0) is 49.1. The highest BCUT2D eigenvalue weighted by atomic mass is 32.3. The van der Waals surface area contributed by atoms with Crippen molar-refractivity contribution in [2.45, 2.75) is 301 Å². The van der Waals surface area contributed by atoms with Crippen LogP contribution in [0.25, 0.3) is 0 Å². The molecule has 1 amide bonds. The van der Waals surface area contributed by atoms with Crippen molar-refractivity contribution in [1.82, 2.24) is 5.32 Å². The molecule has 1 rings (SSSR count). The molecule has 0 radical (unpaired) electrons. The van der Waals surface area contributed by atoms with Gasteiger partial charge in [-0.25, -0.2) is 4.18 Å². The summed E-state index contributed by atoms with van der Waals surface area (Å²) >= 11 is 0. The largest absolute Gasteiger partial charge is 0.397 e. The Kier molecular flexibility index (Phi) is 42.3. The highest BCUT2D eigenvalue weighted by Crippen LogP contribution is 2.26. The third-order valence-corrected chi connectivity index (χ3v) is 13.7. The maximum Gasteiger partial charge on any atom is 0.397 e. The normalized spacial score (nSPS) is 20.0. The molecular weight excluding hydrogens is 871 g/mol. The molecule has 67 heavy (non-hydrogen) atoms. The summed E-state index contributed by atoms with van der Waals surface area (Å²) in [6.45, 7) is 3.45. The van der Waals surface area contributed by atoms with Gasteiger partial charge in [0.05, 0.1) is 25.4 Å². The molecule has 7 unspecified atom stereocenters. The van der Waals surface area contributed by atoms with Crippen LogP contribution in [-0.2, 0) is 28.9 Å². The monoisotopic (exact) mass is 974 g/mol. The van der Waals surface area contributed by atoms with E-state index >= 15 is 0 Å². The number of aliphatic hydroxyl groups is 4. The van der Waals surface area contributed by atoms with Crippen LogP contribution in [0.1, 0.15) is 258 Å². The third-order valence-electron chi connectivity index (χ3n) is 13.3. The average molecular weight is 974 g/mol. The quantitative estimate of drug-likeness (QED) is 0.0193. The second kappa shape index (κ2) is 44.5. The molecule has 6 N–H and O–H groups in total. The van der Waals surface area contributed by atoms with E-state index in [-0.39, 0.29) is 18.9 Å². The summed E-state index contributed by atoms with van der Waals surface area (Å²) in [7, 11) is -5.08. The summed E-state index contributed by atoms with van der Waals surface area (Å²) in [5, 5.41) is 45.1. The molecule has 1 saturated heterocycles. The topological polar surface area (TPSA) is 192 Å². The number of hydrogen-bond donors (Lipinski definition) is 6. The summed E-state index contributed by atoms with van der Waals surface area (Å²) in [5.41, 5.74) is 0. The molecule has 1 aliphatic heterocycles. The molecule has 0 aromatic rings. The van der Waals surface area contributed by atoms with E-state index < -0.39 is 59.9 Å². The van der Waals surface area contributed by atoms with Gasteiger partial charge in [-0.15, -0.1) is 0 Å². The van der Waals surface area contributed by atoms with Gasteiger partial charge in [0.1, 0.15) is 24.4 Å². The summed E-state index contributed by atoms with van der Waals surface area (Å²) in [6, 6.07) is -0.862. The van der Waals surface area contributed by atoms with E-state index in [4.69, 9.17) is 9.47 Å². The number of ether oxygens (including phenoxy) is 2. The highest BCUT2D eigenvalue weighted by molar-refractivity contribution is 7.80. The molecule has 0 aromatic carbocycles. The first-order valence-electron chi connectivity index (χ1n) is 27.7. The average Bonchev–Trinajstić information content (AvgIpc) is 3.30. The maximum atomic E-state index is 13.1. The molecule has 13 heteroatoms. The fourth-order valence-electron chi connectivity index (χ4n) is 8.96. The van der Waals surface area contributed by atoms with E-state index in [1.54, 1.807) is 0 Å². The molecule has 7 atom stereocenters. The minimum absolute atomic E-state index is 0.235. The van der Waals surface area contributed by atoms with Crippen LogP contribution >= 0.6 is 0 Å². The molecule has 0 bridgehead atoms. The van der Waals surface area contributed by atoms with Gasteiger partial charge in [0, 0.05) is 6.42 Å². The summed E-state index contributed by atoms with van der Waals surface area (Å²) in [5.74, 6) is -0.235. The van der Waals surface area contributed by atoms with Gasteiger partial charge < -0.3 is 35.2 Å². The molecule has 0 saturated carbocycles. The number of amides is 1. The van der Waals surface area contributed by atoms with Crippen molar-refractivity contribution < 1.29 is 51.8 Å². The van der Waals surface area contributed by atoms with Crippen LogP contribution < -0.4 is 5.32 Å². The minimum Gasteiger partial charge on any atom is -0.394 e. The number of carbonyl (C=O) groups excluding carboxylic acids is 1. The Labute approximate surface area is 410 Å². The standard InChI is InChI=1S/C54H103NO11S/c1-3-5-7-9-11-13-15-17-19-21-22-23-24-25-26-28-29-31-33-35-37-39-41-43-48(57)47(46-64-54-52(60)53(66-67(61,62)63)51(59)49(45-56)65-54)55-50(58)44-42-40-38-36-34-32-30-27-20-18-16-14-12-10-8-6-4-2/h12,14,18,20,47-49,51-54,56-57,59-60H,3-11,13,15-17,19,21-46H2,1-2H3,(H,55,58)(H,61,62,63)/b14-12-,20-18-. The van der Waals surface area contributed by atoms with Crippen molar-refractivity contribution in [3.05, 3.63) is 24.3 Å². The number of unbranched alkanes of at least 4 members (excludes halogenated alkanes) is 32. The van der Waals surface area contributed by atoms with Gasteiger partial charge in [-0.2, -0.15) is 8.42 Å². The molecule has 396 valence electrons. The van der Waals surface area contributed by atoms with Gasteiger partial charge in [-0.05, 0) is 44.9 Å². The molecule has 12 nitrogen and oxygen atoms in total. The maximum absolute atomic E-state index is 13.1. The van der Waals surface area contributed by atoms with E-state index in [9.17, 15) is 38.2 Å². The molecule has 1 aliphatic rings. The molecule has 0 spiro atoms. The second-order valence-electron chi connectivity index (χ2n) is 19.5. The smallest absolute Gasteiger partial charge is 0.394 e. The lowest BCUT2D eigenvalue weighted by Gasteiger charge is -2.41. The van der Waals surface area contributed by atoms with Gasteiger partial charge >= 0.3 is 10.4 Å². The third kappa shape index (κ3) is 37.1. The second-order valence-corrected chi connectivity index (χ2v) is 20.6. The van der Waals surface area contributed by atoms with Crippen molar-refractivity contribution in [2.24, 2.45) is 0 Å². The Bertz CT molecular complexity index is 1280.